The molecular formula is C21H23N3O5. The van der Waals surface area contributed by atoms with Crippen molar-refractivity contribution in [3.05, 3.63) is 51.4 Å². The summed E-state index contributed by atoms with van der Waals surface area (Å²) in [4.78, 5) is 25.6. The summed E-state index contributed by atoms with van der Waals surface area (Å²) in [6.45, 7) is 1.53. The summed E-state index contributed by atoms with van der Waals surface area (Å²) in [6, 6.07) is 6.25. The number of nitrogens with one attached hydrogen (secondary N) is 1. The van der Waals surface area contributed by atoms with Crippen LogP contribution < -0.4 is 20.3 Å². The van der Waals surface area contributed by atoms with Crippen molar-refractivity contribution in [1.29, 1.82) is 0 Å². The summed E-state index contributed by atoms with van der Waals surface area (Å²) in [7, 11) is 0. The summed E-state index contributed by atoms with van der Waals surface area (Å²) in [5.74, 6) is 0.741. The lowest BCUT2D eigenvalue weighted by molar-refractivity contribution is 0.0913. The number of rotatable bonds is 3. The maximum absolute atomic E-state index is 13.0. The predicted octanol–water partition coefficient (Wildman–Crippen LogP) is 1.26. The van der Waals surface area contributed by atoms with E-state index in [4.69, 9.17) is 14.2 Å². The molecule has 2 atom stereocenters. The number of aryl methyl sites for hydroxylation is 2. The number of aromatic nitrogens is 2. The Kier molecular flexibility index (Phi) is 4.71. The van der Waals surface area contributed by atoms with Crippen LogP contribution in [-0.4, -0.2) is 48.2 Å². The first kappa shape index (κ1) is 18.2. The van der Waals surface area contributed by atoms with Gasteiger partial charge in [0.15, 0.2) is 11.5 Å². The van der Waals surface area contributed by atoms with Gasteiger partial charge in [0.1, 0.15) is 19.3 Å². The second kappa shape index (κ2) is 7.51. The van der Waals surface area contributed by atoms with Crippen LogP contribution in [0.1, 0.15) is 40.5 Å². The number of para-hydroxylation sites is 1. The van der Waals surface area contributed by atoms with Crippen LogP contribution in [0.5, 0.6) is 11.5 Å². The van der Waals surface area contributed by atoms with Crippen LogP contribution in [0.15, 0.2) is 29.1 Å². The lowest BCUT2D eigenvalue weighted by Crippen LogP contribution is -2.44. The molecule has 8 nitrogen and oxygen atoms in total. The molecule has 2 aliphatic heterocycles. The molecule has 1 N–H and O–H groups in total. The molecule has 5 rings (SSSR count). The van der Waals surface area contributed by atoms with Crippen molar-refractivity contribution in [1.82, 2.24) is 15.1 Å². The molecule has 0 saturated carbocycles. The molecule has 29 heavy (non-hydrogen) atoms. The Morgan fingerprint density at radius 2 is 2.00 bits per heavy atom. The molecule has 8 heteroatoms. The Hall–Kier alpha value is -2.87. The van der Waals surface area contributed by atoms with Crippen molar-refractivity contribution in [3.8, 4) is 11.5 Å². The molecule has 2 unspecified atom stereocenters. The van der Waals surface area contributed by atoms with Gasteiger partial charge in [0.2, 0.25) is 0 Å². The molecule has 1 aromatic heterocycles. The highest BCUT2D eigenvalue weighted by atomic mass is 16.6. The van der Waals surface area contributed by atoms with Gasteiger partial charge in [0, 0.05) is 6.07 Å². The average Bonchev–Trinajstić information content (AvgIpc) is 3.20. The SMILES string of the molecule is O=C(NC1COCC1n1nc2c(cc1=O)CCCC2)c1cccc2c1OCCO2. The van der Waals surface area contributed by atoms with E-state index < -0.39 is 0 Å². The van der Waals surface area contributed by atoms with Crippen LogP contribution in [0.4, 0.5) is 0 Å². The summed E-state index contributed by atoms with van der Waals surface area (Å²) in [5.41, 5.74) is 2.30. The number of carbonyl (C=O) groups is 1. The van der Waals surface area contributed by atoms with Crippen molar-refractivity contribution < 1.29 is 19.0 Å². The van der Waals surface area contributed by atoms with Crippen LogP contribution >= 0.6 is 0 Å². The van der Waals surface area contributed by atoms with E-state index in [-0.39, 0.29) is 23.6 Å². The highest BCUT2D eigenvalue weighted by Gasteiger charge is 2.34. The van der Waals surface area contributed by atoms with Gasteiger partial charge in [0.05, 0.1) is 30.5 Å². The standard InChI is InChI=1S/C21H23N3O5/c25-19-10-13-4-1-2-6-15(13)23-24(19)17-12-27-11-16(17)22-21(26)14-5-3-7-18-20(14)29-9-8-28-18/h3,5,7,10,16-17H,1-2,4,6,8-9,11-12H2,(H,22,26). The first-order valence-electron chi connectivity index (χ1n) is 10.1. The zero-order valence-electron chi connectivity index (χ0n) is 16.1. The third kappa shape index (κ3) is 3.37. The summed E-state index contributed by atoms with van der Waals surface area (Å²) < 4.78 is 18.3. The Balaban J connectivity index is 1.40. The van der Waals surface area contributed by atoms with Crippen molar-refractivity contribution in [2.75, 3.05) is 26.4 Å². The van der Waals surface area contributed by atoms with Crippen LogP contribution in [-0.2, 0) is 17.6 Å². The smallest absolute Gasteiger partial charge is 0.267 e. The molecule has 3 aliphatic rings. The van der Waals surface area contributed by atoms with Gasteiger partial charge < -0.3 is 19.5 Å². The zero-order valence-corrected chi connectivity index (χ0v) is 16.1. The van der Waals surface area contributed by atoms with Gasteiger partial charge in [-0.1, -0.05) is 6.07 Å². The van der Waals surface area contributed by atoms with Crippen molar-refractivity contribution in [3.63, 3.8) is 0 Å². The Labute approximate surface area is 167 Å². The number of carbonyl (C=O) groups excluding carboxylic acids is 1. The molecule has 3 heterocycles. The van der Waals surface area contributed by atoms with Gasteiger partial charge in [-0.05, 0) is 43.4 Å². The minimum absolute atomic E-state index is 0.144. The number of hydrogen-bond donors (Lipinski definition) is 1. The largest absolute Gasteiger partial charge is 0.486 e. The summed E-state index contributed by atoms with van der Waals surface area (Å²) >= 11 is 0. The maximum atomic E-state index is 13.0. The van der Waals surface area contributed by atoms with Crippen molar-refractivity contribution >= 4 is 5.91 Å². The van der Waals surface area contributed by atoms with Gasteiger partial charge in [-0.15, -0.1) is 0 Å². The van der Waals surface area contributed by atoms with E-state index in [1.54, 1.807) is 24.3 Å². The first-order chi connectivity index (χ1) is 14.2. The van der Waals surface area contributed by atoms with Crippen molar-refractivity contribution in [2.45, 2.75) is 37.8 Å². The van der Waals surface area contributed by atoms with Crippen LogP contribution in [0.2, 0.25) is 0 Å². The number of amides is 1. The van der Waals surface area contributed by atoms with Gasteiger partial charge in [0.25, 0.3) is 11.5 Å². The monoisotopic (exact) mass is 397 g/mol. The molecule has 1 fully saturated rings. The molecule has 0 spiro atoms. The number of fused-ring (bicyclic) bond motifs is 2. The minimum atomic E-state index is -0.352. The first-order valence-corrected chi connectivity index (χ1v) is 10.1. The van der Waals surface area contributed by atoms with Gasteiger partial charge in [-0.25, -0.2) is 4.68 Å². The molecular weight excluding hydrogens is 374 g/mol. The highest BCUT2D eigenvalue weighted by Crippen LogP contribution is 2.33. The third-order valence-electron chi connectivity index (χ3n) is 5.72. The topological polar surface area (TPSA) is 91.7 Å². The lowest BCUT2D eigenvalue weighted by atomic mass is 9.97. The Bertz CT molecular complexity index is 1000. The molecule has 152 valence electrons. The average molecular weight is 397 g/mol. The molecule has 1 aliphatic carbocycles. The van der Waals surface area contributed by atoms with Gasteiger partial charge >= 0.3 is 0 Å². The number of hydrogen-bond acceptors (Lipinski definition) is 6. The lowest BCUT2D eigenvalue weighted by Gasteiger charge is -2.24. The number of benzene rings is 1. The zero-order chi connectivity index (χ0) is 19.8. The quantitative estimate of drug-likeness (QED) is 0.839. The molecule has 0 radical (unpaired) electrons. The molecule has 1 amide bonds. The van der Waals surface area contributed by atoms with Crippen LogP contribution in [0.25, 0.3) is 0 Å². The molecule has 1 saturated heterocycles. The van der Waals surface area contributed by atoms with E-state index in [0.717, 1.165) is 36.9 Å². The third-order valence-corrected chi connectivity index (χ3v) is 5.72. The van der Waals surface area contributed by atoms with E-state index in [1.165, 1.54) is 4.68 Å². The normalized spacial score (nSPS) is 22.8. The van der Waals surface area contributed by atoms with Crippen molar-refractivity contribution in [2.24, 2.45) is 0 Å². The van der Waals surface area contributed by atoms with Crippen LogP contribution in [0.3, 0.4) is 0 Å². The van der Waals surface area contributed by atoms with Gasteiger partial charge in [-0.2, -0.15) is 5.10 Å². The summed E-state index contributed by atoms with van der Waals surface area (Å²) in [5, 5.41) is 7.63. The Morgan fingerprint density at radius 1 is 1.14 bits per heavy atom. The van der Waals surface area contributed by atoms with E-state index in [2.05, 4.69) is 10.4 Å². The van der Waals surface area contributed by atoms with E-state index in [0.29, 0.717) is 43.5 Å². The van der Waals surface area contributed by atoms with Gasteiger partial charge in [-0.3, -0.25) is 9.59 Å². The predicted molar refractivity (Wildman–Crippen MR) is 104 cm³/mol. The highest BCUT2D eigenvalue weighted by molar-refractivity contribution is 5.98. The number of ether oxygens (including phenoxy) is 3. The molecule has 2 aromatic rings. The minimum Gasteiger partial charge on any atom is -0.486 e. The van der Waals surface area contributed by atoms with E-state index in [1.807, 2.05) is 0 Å². The van der Waals surface area contributed by atoms with E-state index in [9.17, 15) is 9.59 Å². The fraction of sp³-hybridized carbons (Fsp3) is 0.476. The second-order valence-corrected chi connectivity index (χ2v) is 7.62. The fourth-order valence-corrected chi connectivity index (χ4v) is 4.24. The molecule has 1 aromatic carbocycles. The molecule has 0 bridgehead atoms. The second-order valence-electron chi connectivity index (χ2n) is 7.62. The summed E-state index contributed by atoms with van der Waals surface area (Å²) in [6.07, 6.45) is 3.96. The van der Waals surface area contributed by atoms with E-state index >= 15 is 0 Å². The maximum Gasteiger partial charge on any atom is 0.267 e. The number of nitrogens with zero attached hydrogens (tertiary/aromatic N) is 2. The van der Waals surface area contributed by atoms with Crippen LogP contribution in [0, 0.1) is 0 Å². The Morgan fingerprint density at radius 3 is 2.93 bits per heavy atom. The fourth-order valence-electron chi connectivity index (χ4n) is 4.24.